The van der Waals surface area contributed by atoms with Crippen molar-refractivity contribution in [2.75, 3.05) is 0 Å². The quantitative estimate of drug-likeness (QED) is 0.815. The molecule has 0 spiro atoms. The smallest absolute Gasteiger partial charge is 0.0979 e. The fourth-order valence-corrected chi connectivity index (χ4v) is 3.31. The van der Waals surface area contributed by atoms with Crippen molar-refractivity contribution in [1.82, 2.24) is 4.98 Å². The first-order chi connectivity index (χ1) is 6.63. The number of hydrogen-bond acceptors (Lipinski definition) is 3. The van der Waals surface area contributed by atoms with Gasteiger partial charge < -0.3 is 5.11 Å². The molecule has 0 saturated heterocycles. The number of aryl methyl sites for hydroxylation is 2. The summed E-state index contributed by atoms with van der Waals surface area (Å²) in [5.74, 6) is 0. The van der Waals surface area contributed by atoms with Crippen molar-refractivity contribution in [3.8, 4) is 0 Å². The third kappa shape index (κ3) is 1.71. The molecule has 0 amide bonds. The lowest BCUT2D eigenvalue weighted by atomic mass is 9.89. The summed E-state index contributed by atoms with van der Waals surface area (Å²) >= 11 is 1.71. The van der Waals surface area contributed by atoms with Gasteiger partial charge in [0.1, 0.15) is 0 Å². The van der Waals surface area contributed by atoms with E-state index in [1.165, 1.54) is 5.01 Å². The fourth-order valence-electron chi connectivity index (χ4n) is 2.03. The molecule has 0 aromatic carbocycles. The first-order valence-electron chi connectivity index (χ1n) is 5.35. The van der Waals surface area contributed by atoms with E-state index in [0.717, 1.165) is 42.7 Å². The molecule has 1 aliphatic rings. The zero-order valence-corrected chi connectivity index (χ0v) is 9.65. The monoisotopic (exact) mass is 211 g/mol. The third-order valence-corrected chi connectivity index (χ3v) is 4.18. The molecule has 2 rings (SSSR count). The van der Waals surface area contributed by atoms with Crippen LogP contribution in [0, 0.1) is 0 Å². The van der Waals surface area contributed by atoms with Crippen molar-refractivity contribution in [3.05, 3.63) is 15.6 Å². The molecular formula is C11H17NOS. The van der Waals surface area contributed by atoms with Crippen LogP contribution in [0.15, 0.2) is 0 Å². The summed E-state index contributed by atoms with van der Waals surface area (Å²) in [7, 11) is 0. The number of aliphatic hydroxyl groups is 1. The van der Waals surface area contributed by atoms with Gasteiger partial charge in [-0.05, 0) is 39.0 Å². The number of aromatic nitrogens is 1. The molecule has 1 heterocycles. The lowest BCUT2D eigenvalue weighted by Gasteiger charge is -2.26. The maximum atomic E-state index is 10.2. The van der Waals surface area contributed by atoms with Crippen LogP contribution in [0.3, 0.4) is 0 Å². The molecule has 1 N–H and O–H groups in total. The molecule has 1 unspecified atom stereocenters. The molecule has 2 nitrogen and oxygen atoms in total. The zero-order chi connectivity index (χ0) is 10.2. The zero-order valence-electron chi connectivity index (χ0n) is 8.84. The van der Waals surface area contributed by atoms with Gasteiger partial charge >= 0.3 is 0 Å². The van der Waals surface area contributed by atoms with Gasteiger partial charge in [0, 0.05) is 0 Å². The minimum atomic E-state index is -0.614. The Morgan fingerprint density at radius 2 is 2.36 bits per heavy atom. The van der Waals surface area contributed by atoms with E-state index in [4.69, 9.17) is 0 Å². The molecule has 1 aromatic heterocycles. The average molecular weight is 211 g/mol. The second-order valence-corrected chi connectivity index (χ2v) is 5.34. The molecule has 0 saturated carbocycles. The van der Waals surface area contributed by atoms with Crippen LogP contribution >= 0.6 is 11.3 Å². The van der Waals surface area contributed by atoms with Gasteiger partial charge in [-0.15, -0.1) is 11.3 Å². The summed E-state index contributed by atoms with van der Waals surface area (Å²) in [5, 5.41) is 11.4. The summed E-state index contributed by atoms with van der Waals surface area (Å²) < 4.78 is 0. The Morgan fingerprint density at radius 3 is 3.00 bits per heavy atom. The van der Waals surface area contributed by atoms with E-state index < -0.39 is 5.60 Å². The Labute approximate surface area is 89.0 Å². The van der Waals surface area contributed by atoms with Crippen molar-refractivity contribution in [2.24, 2.45) is 0 Å². The Balaban J connectivity index is 2.34. The van der Waals surface area contributed by atoms with Crippen molar-refractivity contribution >= 4 is 11.3 Å². The normalized spacial score (nSPS) is 26.2. The second kappa shape index (κ2) is 3.63. The predicted molar refractivity (Wildman–Crippen MR) is 58.6 cm³/mol. The summed E-state index contributed by atoms with van der Waals surface area (Å²) in [5.41, 5.74) is 0.534. The largest absolute Gasteiger partial charge is 0.385 e. The van der Waals surface area contributed by atoms with E-state index in [1.807, 2.05) is 6.92 Å². The molecule has 0 fully saturated rings. The lowest BCUT2D eigenvalue weighted by Crippen LogP contribution is -2.25. The van der Waals surface area contributed by atoms with Crippen LogP contribution in [-0.4, -0.2) is 10.1 Å². The SMILES string of the molecule is CCCc1nc2c(s1)C(C)(O)CCC2. The van der Waals surface area contributed by atoms with Crippen LogP contribution in [0.25, 0.3) is 0 Å². The molecule has 0 aliphatic heterocycles. The Kier molecular flexibility index (Phi) is 2.62. The highest BCUT2D eigenvalue weighted by molar-refractivity contribution is 7.11. The summed E-state index contributed by atoms with van der Waals surface area (Å²) in [4.78, 5) is 5.71. The highest BCUT2D eigenvalue weighted by Gasteiger charge is 2.32. The van der Waals surface area contributed by atoms with E-state index in [9.17, 15) is 5.11 Å². The van der Waals surface area contributed by atoms with Gasteiger partial charge in [-0.1, -0.05) is 6.92 Å². The molecule has 1 atom stereocenters. The lowest BCUT2D eigenvalue weighted by molar-refractivity contribution is 0.0422. The van der Waals surface area contributed by atoms with Gasteiger partial charge in [0.05, 0.1) is 21.2 Å². The predicted octanol–water partition coefficient (Wildman–Crippen LogP) is 2.64. The molecule has 0 bridgehead atoms. The highest BCUT2D eigenvalue weighted by atomic mass is 32.1. The minimum absolute atomic E-state index is 0.614. The topological polar surface area (TPSA) is 33.1 Å². The number of nitrogens with zero attached hydrogens (tertiary/aromatic N) is 1. The number of fused-ring (bicyclic) bond motifs is 1. The van der Waals surface area contributed by atoms with Crippen LogP contribution in [0.4, 0.5) is 0 Å². The van der Waals surface area contributed by atoms with Crippen molar-refractivity contribution in [3.63, 3.8) is 0 Å². The van der Waals surface area contributed by atoms with E-state index in [1.54, 1.807) is 11.3 Å². The maximum Gasteiger partial charge on any atom is 0.0979 e. The van der Waals surface area contributed by atoms with Gasteiger partial charge in [0.25, 0.3) is 0 Å². The molecular weight excluding hydrogens is 194 g/mol. The van der Waals surface area contributed by atoms with E-state index in [2.05, 4.69) is 11.9 Å². The first kappa shape index (κ1) is 10.1. The average Bonchev–Trinajstić information content (AvgIpc) is 2.49. The van der Waals surface area contributed by atoms with Crippen LogP contribution in [0.5, 0.6) is 0 Å². The van der Waals surface area contributed by atoms with E-state index >= 15 is 0 Å². The van der Waals surface area contributed by atoms with Gasteiger partial charge in [-0.3, -0.25) is 0 Å². The van der Waals surface area contributed by atoms with Gasteiger partial charge in [0.2, 0.25) is 0 Å². The van der Waals surface area contributed by atoms with E-state index in [-0.39, 0.29) is 0 Å². The highest BCUT2D eigenvalue weighted by Crippen LogP contribution is 2.38. The van der Waals surface area contributed by atoms with Crippen LogP contribution in [0.1, 0.15) is 48.7 Å². The standard InChI is InChI=1S/C11H17NOS/c1-3-5-9-12-8-6-4-7-11(2,13)10(8)14-9/h13H,3-7H2,1-2H3. The number of hydrogen-bond donors (Lipinski definition) is 1. The molecule has 3 heteroatoms. The molecule has 0 radical (unpaired) electrons. The first-order valence-corrected chi connectivity index (χ1v) is 6.16. The third-order valence-electron chi connectivity index (χ3n) is 2.77. The Morgan fingerprint density at radius 1 is 1.57 bits per heavy atom. The van der Waals surface area contributed by atoms with Gasteiger partial charge in [-0.25, -0.2) is 4.98 Å². The molecule has 1 aliphatic carbocycles. The second-order valence-electron chi connectivity index (χ2n) is 4.26. The van der Waals surface area contributed by atoms with E-state index in [0.29, 0.717) is 0 Å². The van der Waals surface area contributed by atoms with Crippen molar-refractivity contribution < 1.29 is 5.11 Å². The van der Waals surface area contributed by atoms with Gasteiger partial charge in [0.15, 0.2) is 0 Å². The minimum Gasteiger partial charge on any atom is -0.385 e. The number of rotatable bonds is 2. The van der Waals surface area contributed by atoms with Crippen LogP contribution < -0.4 is 0 Å². The Hall–Kier alpha value is -0.410. The van der Waals surface area contributed by atoms with Crippen LogP contribution in [-0.2, 0) is 18.4 Å². The fraction of sp³-hybridized carbons (Fsp3) is 0.727. The summed E-state index contributed by atoms with van der Waals surface area (Å²) in [6, 6.07) is 0. The van der Waals surface area contributed by atoms with Crippen LogP contribution in [0.2, 0.25) is 0 Å². The molecule has 78 valence electrons. The van der Waals surface area contributed by atoms with Crippen molar-refractivity contribution in [1.29, 1.82) is 0 Å². The summed E-state index contributed by atoms with van der Waals surface area (Å²) in [6.07, 6.45) is 5.18. The molecule has 14 heavy (non-hydrogen) atoms. The molecule has 1 aromatic rings. The summed E-state index contributed by atoms with van der Waals surface area (Å²) in [6.45, 7) is 4.08. The van der Waals surface area contributed by atoms with Gasteiger partial charge in [-0.2, -0.15) is 0 Å². The van der Waals surface area contributed by atoms with Crippen molar-refractivity contribution in [2.45, 2.75) is 51.6 Å². The Bertz CT molecular complexity index is 330. The maximum absolute atomic E-state index is 10.2. The number of thiazole rings is 1.